The van der Waals surface area contributed by atoms with Crippen LogP contribution in [-0.4, -0.2) is 33.9 Å². The van der Waals surface area contributed by atoms with Gasteiger partial charge in [-0.3, -0.25) is 4.21 Å². The van der Waals surface area contributed by atoms with Crippen LogP contribution in [0.1, 0.15) is 10.4 Å². The zero-order valence-corrected chi connectivity index (χ0v) is 9.12. The van der Waals surface area contributed by atoms with E-state index in [1.807, 2.05) is 0 Å². The first-order valence-corrected chi connectivity index (χ1v) is 6.09. The highest BCUT2D eigenvalue weighted by Gasteiger charge is 2.09. The van der Waals surface area contributed by atoms with E-state index in [0.717, 1.165) is 0 Å². The summed E-state index contributed by atoms with van der Waals surface area (Å²) < 4.78 is 16.0. The number of benzene rings is 1. The average molecular weight is 228 g/mol. The zero-order chi connectivity index (χ0) is 11.3. The third kappa shape index (κ3) is 3.71. The molecule has 0 radical (unpaired) electrons. The van der Waals surface area contributed by atoms with E-state index in [1.165, 1.54) is 6.07 Å². The van der Waals surface area contributed by atoms with E-state index >= 15 is 0 Å². The molecule has 0 saturated carbocycles. The molecule has 1 atom stereocenters. The lowest BCUT2D eigenvalue weighted by molar-refractivity contribution is 0.0692. The van der Waals surface area contributed by atoms with Gasteiger partial charge in [-0.15, -0.1) is 0 Å². The smallest absolute Gasteiger partial charge is 0.339 e. The molecule has 4 nitrogen and oxygen atoms in total. The Bertz CT molecular complexity index is 375. The quantitative estimate of drug-likeness (QED) is 0.821. The van der Waals surface area contributed by atoms with Crippen LogP contribution in [0.5, 0.6) is 5.75 Å². The SMILES string of the molecule is CS(=O)CCOc1ccccc1C(=O)O. The fraction of sp³-hybridized carbons (Fsp3) is 0.300. The topological polar surface area (TPSA) is 63.6 Å². The van der Waals surface area contributed by atoms with E-state index in [0.29, 0.717) is 11.5 Å². The van der Waals surface area contributed by atoms with Gasteiger partial charge >= 0.3 is 5.97 Å². The molecule has 1 aromatic carbocycles. The maximum atomic E-state index is 10.8. The van der Waals surface area contributed by atoms with Gasteiger partial charge in [0.15, 0.2) is 0 Å². The second kappa shape index (κ2) is 5.50. The summed E-state index contributed by atoms with van der Waals surface area (Å²) in [6.07, 6.45) is 1.58. The Balaban J connectivity index is 2.67. The average Bonchev–Trinajstić information content (AvgIpc) is 2.17. The highest BCUT2D eigenvalue weighted by atomic mass is 32.2. The van der Waals surface area contributed by atoms with Crippen molar-refractivity contribution < 1.29 is 18.8 Å². The third-order valence-electron chi connectivity index (χ3n) is 1.75. The maximum Gasteiger partial charge on any atom is 0.339 e. The van der Waals surface area contributed by atoms with Crippen molar-refractivity contribution in [2.45, 2.75) is 0 Å². The largest absolute Gasteiger partial charge is 0.492 e. The van der Waals surface area contributed by atoms with Crippen molar-refractivity contribution in [3.05, 3.63) is 29.8 Å². The first kappa shape index (κ1) is 11.7. The third-order valence-corrected chi connectivity index (χ3v) is 2.49. The first-order chi connectivity index (χ1) is 7.11. The summed E-state index contributed by atoms with van der Waals surface area (Å²) in [6.45, 7) is 0.257. The van der Waals surface area contributed by atoms with Gasteiger partial charge in [0.2, 0.25) is 0 Å². The molecule has 1 N–H and O–H groups in total. The number of carboxylic acid groups (broad SMARTS) is 1. The summed E-state index contributed by atoms with van der Waals surface area (Å²) in [4.78, 5) is 10.8. The standard InChI is InChI=1S/C10H12O4S/c1-15(13)7-6-14-9-5-3-2-4-8(9)10(11)12/h2-5H,6-7H2,1H3,(H,11,12). The number of hydrogen-bond donors (Lipinski definition) is 1. The number of hydrogen-bond acceptors (Lipinski definition) is 3. The van der Waals surface area contributed by atoms with Crippen molar-refractivity contribution in [1.29, 1.82) is 0 Å². The van der Waals surface area contributed by atoms with E-state index < -0.39 is 16.8 Å². The number of rotatable bonds is 5. The second-order valence-electron chi connectivity index (χ2n) is 2.93. The normalized spacial score (nSPS) is 12.1. The van der Waals surface area contributed by atoms with Gasteiger partial charge in [0.05, 0.1) is 12.4 Å². The minimum absolute atomic E-state index is 0.124. The van der Waals surface area contributed by atoms with Crippen molar-refractivity contribution in [2.75, 3.05) is 18.6 Å². The van der Waals surface area contributed by atoms with Gasteiger partial charge in [-0.25, -0.2) is 4.79 Å². The van der Waals surface area contributed by atoms with Gasteiger partial charge in [0, 0.05) is 17.1 Å². The van der Waals surface area contributed by atoms with Crippen LogP contribution < -0.4 is 4.74 Å². The molecule has 0 saturated heterocycles. The Morgan fingerprint density at radius 3 is 2.73 bits per heavy atom. The molecule has 0 amide bonds. The summed E-state index contributed by atoms with van der Waals surface area (Å²) in [7, 11) is -0.929. The van der Waals surface area contributed by atoms with Gasteiger partial charge in [-0.2, -0.15) is 0 Å². The molecule has 0 spiro atoms. The van der Waals surface area contributed by atoms with Gasteiger partial charge < -0.3 is 9.84 Å². The molecule has 1 aromatic rings. The highest BCUT2D eigenvalue weighted by Crippen LogP contribution is 2.17. The molecule has 82 valence electrons. The van der Waals surface area contributed by atoms with Crippen LogP contribution in [0.15, 0.2) is 24.3 Å². The molecule has 5 heteroatoms. The predicted molar refractivity (Wildman–Crippen MR) is 57.8 cm³/mol. The molecule has 15 heavy (non-hydrogen) atoms. The Morgan fingerprint density at radius 2 is 2.13 bits per heavy atom. The summed E-state index contributed by atoms with van der Waals surface area (Å²) >= 11 is 0. The highest BCUT2D eigenvalue weighted by molar-refractivity contribution is 7.84. The Labute approximate surface area is 90.3 Å². The molecule has 0 aromatic heterocycles. The van der Waals surface area contributed by atoms with Gasteiger partial charge in [-0.1, -0.05) is 12.1 Å². The summed E-state index contributed by atoms with van der Waals surface area (Å²) in [5.41, 5.74) is 0.124. The van der Waals surface area contributed by atoms with Crippen molar-refractivity contribution in [1.82, 2.24) is 0 Å². The minimum Gasteiger partial charge on any atom is -0.492 e. The van der Waals surface area contributed by atoms with E-state index in [9.17, 15) is 9.00 Å². The molecule has 0 bridgehead atoms. The van der Waals surface area contributed by atoms with Crippen LogP contribution in [0.25, 0.3) is 0 Å². The van der Waals surface area contributed by atoms with Crippen LogP contribution >= 0.6 is 0 Å². The molecular weight excluding hydrogens is 216 g/mol. The maximum absolute atomic E-state index is 10.8. The number of carboxylic acids is 1. The van der Waals surface area contributed by atoms with Crippen molar-refractivity contribution >= 4 is 16.8 Å². The fourth-order valence-corrected chi connectivity index (χ4v) is 1.36. The van der Waals surface area contributed by atoms with Crippen LogP contribution in [0.2, 0.25) is 0 Å². The number of ether oxygens (including phenoxy) is 1. The Hall–Kier alpha value is -1.36. The summed E-state index contributed by atoms with van der Waals surface area (Å²) in [5.74, 6) is -0.313. The van der Waals surface area contributed by atoms with Crippen molar-refractivity contribution in [3.63, 3.8) is 0 Å². The van der Waals surface area contributed by atoms with Crippen LogP contribution in [0.3, 0.4) is 0 Å². The van der Waals surface area contributed by atoms with E-state index in [2.05, 4.69) is 0 Å². The number of aromatic carboxylic acids is 1. The van der Waals surface area contributed by atoms with Crippen LogP contribution in [0.4, 0.5) is 0 Å². The lowest BCUT2D eigenvalue weighted by Crippen LogP contribution is -2.09. The van der Waals surface area contributed by atoms with Crippen molar-refractivity contribution in [2.24, 2.45) is 0 Å². The number of carbonyl (C=O) groups is 1. The molecule has 0 aliphatic carbocycles. The van der Waals surface area contributed by atoms with Gasteiger partial charge in [0.25, 0.3) is 0 Å². The Kier molecular flexibility index (Phi) is 4.30. The van der Waals surface area contributed by atoms with Gasteiger partial charge in [0.1, 0.15) is 11.3 Å². The monoisotopic (exact) mass is 228 g/mol. The van der Waals surface area contributed by atoms with E-state index in [1.54, 1.807) is 24.5 Å². The molecule has 0 heterocycles. The van der Waals surface area contributed by atoms with E-state index in [-0.39, 0.29) is 12.2 Å². The molecule has 1 rings (SSSR count). The van der Waals surface area contributed by atoms with Crippen LogP contribution in [0, 0.1) is 0 Å². The number of para-hydroxylation sites is 1. The second-order valence-corrected chi connectivity index (χ2v) is 4.48. The summed E-state index contributed by atoms with van der Waals surface area (Å²) in [5, 5.41) is 8.83. The summed E-state index contributed by atoms with van der Waals surface area (Å²) in [6, 6.07) is 6.39. The zero-order valence-electron chi connectivity index (χ0n) is 8.30. The lowest BCUT2D eigenvalue weighted by atomic mass is 10.2. The predicted octanol–water partition coefficient (Wildman–Crippen LogP) is 1.14. The van der Waals surface area contributed by atoms with Crippen molar-refractivity contribution in [3.8, 4) is 5.75 Å². The minimum atomic E-state index is -1.02. The molecular formula is C10H12O4S. The fourth-order valence-electron chi connectivity index (χ4n) is 1.04. The molecule has 1 unspecified atom stereocenters. The van der Waals surface area contributed by atoms with E-state index in [4.69, 9.17) is 9.84 Å². The Morgan fingerprint density at radius 1 is 1.47 bits per heavy atom. The molecule has 0 fully saturated rings. The molecule has 0 aliphatic rings. The first-order valence-electron chi connectivity index (χ1n) is 4.36. The van der Waals surface area contributed by atoms with Gasteiger partial charge in [-0.05, 0) is 12.1 Å². The lowest BCUT2D eigenvalue weighted by Gasteiger charge is -2.07. The van der Waals surface area contributed by atoms with Crippen LogP contribution in [-0.2, 0) is 10.8 Å². The molecule has 0 aliphatic heterocycles.